The standard InChI is InChI=1S/C18H19ClN2O3/c19-13-7-5-12(6-8-13)11-20-16(22)9-10-21-17(23)14-3-1-2-4-15(14)18(21)24/h1-2,5-8,14-15H,3-4,9-11H2,(H,20,22)/t14-,15-/m1/s1. The summed E-state index contributed by atoms with van der Waals surface area (Å²) in [5.41, 5.74) is 0.943. The van der Waals surface area contributed by atoms with Crippen LogP contribution < -0.4 is 5.32 Å². The van der Waals surface area contributed by atoms with E-state index in [-0.39, 0.29) is 42.5 Å². The number of benzene rings is 1. The second-order valence-corrected chi connectivity index (χ2v) is 6.57. The molecule has 24 heavy (non-hydrogen) atoms. The third-order valence-corrected chi connectivity index (χ3v) is 4.82. The quantitative estimate of drug-likeness (QED) is 0.657. The van der Waals surface area contributed by atoms with Gasteiger partial charge in [0.05, 0.1) is 11.8 Å². The average molecular weight is 347 g/mol. The van der Waals surface area contributed by atoms with E-state index >= 15 is 0 Å². The van der Waals surface area contributed by atoms with Crippen molar-refractivity contribution in [1.29, 1.82) is 0 Å². The number of allylic oxidation sites excluding steroid dienone is 2. The van der Waals surface area contributed by atoms with Crippen LogP contribution in [0.2, 0.25) is 5.02 Å². The first-order valence-corrected chi connectivity index (χ1v) is 8.45. The zero-order chi connectivity index (χ0) is 17.1. The first-order valence-electron chi connectivity index (χ1n) is 8.07. The van der Waals surface area contributed by atoms with Crippen LogP contribution in [0.5, 0.6) is 0 Å². The molecule has 126 valence electrons. The van der Waals surface area contributed by atoms with Crippen LogP contribution in [0.25, 0.3) is 0 Å². The summed E-state index contributed by atoms with van der Waals surface area (Å²) in [6.45, 7) is 0.546. The highest BCUT2D eigenvalue weighted by molar-refractivity contribution is 6.30. The molecular weight excluding hydrogens is 328 g/mol. The lowest BCUT2D eigenvalue weighted by molar-refractivity contribution is -0.140. The Morgan fingerprint density at radius 1 is 1.08 bits per heavy atom. The Morgan fingerprint density at radius 2 is 1.67 bits per heavy atom. The van der Waals surface area contributed by atoms with Gasteiger partial charge in [-0.3, -0.25) is 19.3 Å². The molecule has 1 aliphatic heterocycles. The number of carbonyl (C=O) groups excluding carboxylic acids is 3. The number of carbonyl (C=O) groups is 3. The number of hydrogen-bond acceptors (Lipinski definition) is 3. The summed E-state index contributed by atoms with van der Waals surface area (Å²) < 4.78 is 0. The highest BCUT2D eigenvalue weighted by Crippen LogP contribution is 2.34. The zero-order valence-corrected chi connectivity index (χ0v) is 14.0. The second-order valence-electron chi connectivity index (χ2n) is 6.14. The van der Waals surface area contributed by atoms with E-state index in [1.54, 1.807) is 12.1 Å². The summed E-state index contributed by atoms with van der Waals surface area (Å²) in [4.78, 5) is 37.8. The minimum absolute atomic E-state index is 0.123. The maximum absolute atomic E-state index is 12.3. The van der Waals surface area contributed by atoms with Gasteiger partial charge in [-0.15, -0.1) is 0 Å². The van der Waals surface area contributed by atoms with Crippen LogP contribution in [0.4, 0.5) is 0 Å². The summed E-state index contributed by atoms with van der Waals surface area (Å²) in [6.07, 6.45) is 5.27. The molecule has 0 aromatic heterocycles. The van der Waals surface area contributed by atoms with Crippen molar-refractivity contribution in [3.05, 3.63) is 47.0 Å². The molecule has 0 spiro atoms. The van der Waals surface area contributed by atoms with Crippen molar-refractivity contribution >= 4 is 29.3 Å². The molecule has 0 radical (unpaired) electrons. The van der Waals surface area contributed by atoms with Crippen LogP contribution >= 0.6 is 11.6 Å². The molecule has 6 heteroatoms. The van der Waals surface area contributed by atoms with Gasteiger partial charge in [-0.1, -0.05) is 35.9 Å². The fraction of sp³-hybridized carbons (Fsp3) is 0.389. The molecule has 3 rings (SSSR count). The van der Waals surface area contributed by atoms with Crippen LogP contribution in [0.15, 0.2) is 36.4 Å². The number of halogens is 1. The van der Waals surface area contributed by atoms with Crippen LogP contribution in [-0.4, -0.2) is 29.2 Å². The topological polar surface area (TPSA) is 66.5 Å². The number of rotatable bonds is 5. The zero-order valence-electron chi connectivity index (χ0n) is 13.2. The molecule has 1 aromatic carbocycles. The highest BCUT2D eigenvalue weighted by Gasteiger charge is 2.46. The average Bonchev–Trinajstić information content (AvgIpc) is 2.84. The predicted molar refractivity (Wildman–Crippen MR) is 90.0 cm³/mol. The Balaban J connectivity index is 1.48. The number of likely N-dealkylation sites (tertiary alicyclic amines) is 1. The number of nitrogens with one attached hydrogen (secondary N) is 1. The monoisotopic (exact) mass is 346 g/mol. The molecule has 0 unspecified atom stereocenters. The van der Waals surface area contributed by atoms with Gasteiger partial charge in [-0.05, 0) is 30.5 Å². The van der Waals surface area contributed by atoms with E-state index in [1.165, 1.54) is 4.90 Å². The Labute approximate surface area is 145 Å². The Bertz CT molecular complexity index is 658. The van der Waals surface area contributed by atoms with E-state index < -0.39 is 0 Å². The molecule has 1 N–H and O–H groups in total. The largest absolute Gasteiger partial charge is 0.352 e. The molecule has 1 saturated heterocycles. The Morgan fingerprint density at radius 3 is 2.25 bits per heavy atom. The number of nitrogens with zero attached hydrogens (tertiary/aromatic N) is 1. The molecule has 1 aromatic rings. The van der Waals surface area contributed by atoms with Gasteiger partial charge in [0.15, 0.2) is 0 Å². The van der Waals surface area contributed by atoms with Crippen molar-refractivity contribution in [2.45, 2.75) is 25.8 Å². The van der Waals surface area contributed by atoms with Gasteiger partial charge in [-0.2, -0.15) is 0 Å². The van der Waals surface area contributed by atoms with Crippen molar-refractivity contribution in [2.24, 2.45) is 11.8 Å². The molecule has 1 fully saturated rings. The molecule has 5 nitrogen and oxygen atoms in total. The molecule has 1 aliphatic carbocycles. The summed E-state index contributed by atoms with van der Waals surface area (Å²) in [5, 5.41) is 3.44. The van der Waals surface area contributed by atoms with Crippen LogP contribution in [0.1, 0.15) is 24.8 Å². The maximum atomic E-state index is 12.3. The fourth-order valence-corrected chi connectivity index (χ4v) is 3.32. The van der Waals surface area contributed by atoms with E-state index in [1.807, 2.05) is 24.3 Å². The molecule has 2 aliphatic rings. The van der Waals surface area contributed by atoms with Crippen LogP contribution in [-0.2, 0) is 20.9 Å². The first kappa shape index (κ1) is 16.7. The van der Waals surface area contributed by atoms with Gasteiger partial charge in [0.25, 0.3) is 0 Å². The third-order valence-electron chi connectivity index (χ3n) is 4.56. The minimum atomic E-state index is -0.236. The van der Waals surface area contributed by atoms with E-state index in [9.17, 15) is 14.4 Å². The van der Waals surface area contributed by atoms with Crippen molar-refractivity contribution in [1.82, 2.24) is 10.2 Å². The maximum Gasteiger partial charge on any atom is 0.233 e. The second kappa shape index (κ2) is 7.18. The molecule has 1 heterocycles. The lowest BCUT2D eigenvalue weighted by Crippen LogP contribution is -2.35. The van der Waals surface area contributed by atoms with E-state index in [0.29, 0.717) is 24.4 Å². The number of fused-ring (bicyclic) bond motifs is 1. The first-order chi connectivity index (χ1) is 11.6. The van der Waals surface area contributed by atoms with Crippen molar-refractivity contribution in [3.8, 4) is 0 Å². The minimum Gasteiger partial charge on any atom is -0.352 e. The summed E-state index contributed by atoms with van der Waals surface area (Å²) in [7, 11) is 0. The Hall–Kier alpha value is -2.14. The van der Waals surface area contributed by atoms with E-state index in [2.05, 4.69) is 5.32 Å². The molecule has 0 saturated carbocycles. The fourth-order valence-electron chi connectivity index (χ4n) is 3.19. The van der Waals surface area contributed by atoms with Gasteiger partial charge in [0.1, 0.15) is 0 Å². The van der Waals surface area contributed by atoms with Gasteiger partial charge < -0.3 is 5.32 Å². The lowest BCUT2D eigenvalue weighted by Gasteiger charge is -2.14. The molecule has 3 amide bonds. The van der Waals surface area contributed by atoms with Gasteiger partial charge in [0, 0.05) is 24.5 Å². The van der Waals surface area contributed by atoms with Crippen LogP contribution in [0, 0.1) is 11.8 Å². The number of hydrogen-bond donors (Lipinski definition) is 1. The Kier molecular flexibility index (Phi) is 5.00. The van der Waals surface area contributed by atoms with E-state index in [0.717, 1.165) is 5.56 Å². The SMILES string of the molecule is O=C(CCN1C(=O)[C@@H]2CC=CC[C@H]2C1=O)NCc1ccc(Cl)cc1. The van der Waals surface area contributed by atoms with Crippen molar-refractivity contribution < 1.29 is 14.4 Å². The summed E-state index contributed by atoms with van der Waals surface area (Å²) in [5.74, 6) is -0.933. The number of amides is 3. The summed E-state index contributed by atoms with van der Waals surface area (Å²) >= 11 is 5.81. The lowest BCUT2D eigenvalue weighted by atomic mass is 9.85. The molecule has 2 atom stereocenters. The smallest absolute Gasteiger partial charge is 0.233 e. The number of imide groups is 1. The summed E-state index contributed by atoms with van der Waals surface area (Å²) in [6, 6.07) is 7.21. The molecular formula is C18H19ClN2O3. The third kappa shape index (κ3) is 3.51. The van der Waals surface area contributed by atoms with Gasteiger partial charge >= 0.3 is 0 Å². The molecule has 0 bridgehead atoms. The van der Waals surface area contributed by atoms with E-state index in [4.69, 9.17) is 11.6 Å². The predicted octanol–water partition coefficient (Wildman–Crippen LogP) is 2.30. The normalized spacial score (nSPS) is 22.6. The van der Waals surface area contributed by atoms with Crippen molar-refractivity contribution in [2.75, 3.05) is 6.54 Å². The van der Waals surface area contributed by atoms with Crippen LogP contribution in [0.3, 0.4) is 0 Å². The van der Waals surface area contributed by atoms with Gasteiger partial charge in [0.2, 0.25) is 17.7 Å². The van der Waals surface area contributed by atoms with Gasteiger partial charge in [-0.25, -0.2) is 0 Å². The van der Waals surface area contributed by atoms with Crippen molar-refractivity contribution in [3.63, 3.8) is 0 Å². The highest BCUT2D eigenvalue weighted by atomic mass is 35.5.